The lowest BCUT2D eigenvalue weighted by Crippen LogP contribution is -2.43. The molecule has 0 aliphatic rings. The maximum atomic E-state index is 9.13. The highest BCUT2D eigenvalue weighted by Gasteiger charge is 2.23. The summed E-state index contributed by atoms with van der Waals surface area (Å²) in [6.45, 7) is 6.08. The summed E-state index contributed by atoms with van der Waals surface area (Å²) in [4.78, 5) is 0. The first-order valence-corrected chi connectivity index (χ1v) is 6.67. The van der Waals surface area contributed by atoms with Gasteiger partial charge >= 0.3 is 0 Å². The van der Waals surface area contributed by atoms with E-state index < -0.39 is 0 Å². The van der Waals surface area contributed by atoms with Gasteiger partial charge in [-0.2, -0.15) is 0 Å². The summed E-state index contributed by atoms with van der Waals surface area (Å²) < 4.78 is 5.42. The molecule has 0 radical (unpaired) electrons. The van der Waals surface area contributed by atoms with Gasteiger partial charge in [0.15, 0.2) is 0 Å². The van der Waals surface area contributed by atoms with Crippen molar-refractivity contribution < 1.29 is 9.84 Å². The van der Waals surface area contributed by atoms with Crippen molar-refractivity contribution in [2.75, 3.05) is 33.9 Å². The molecule has 0 aliphatic heterocycles. The van der Waals surface area contributed by atoms with Gasteiger partial charge in [-0.3, -0.25) is 0 Å². The second-order valence-corrected chi connectivity index (χ2v) is 5.38. The van der Waals surface area contributed by atoms with Crippen LogP contribution >= 0.6 is 0 Å². The zero-order valence-electron chi connectivity index (χ0n) is 12.4. The number of rotatable bonds is 8. The Labute approximate surface area is 116 Å². The minimum Gasteiger partial charge on any atom is -0.496 e. The maximum Gasteiger partial charge on any atom is 0.122 e. The van der Waals surface area contributed by atoms with Gasteiger partial charge in [-0.05, 0) is 13.1 Å². The molecule has 4 heteroatoms. The molecular weight excluding hydrogens is 240 g/mol. The van der Waals surface area contributed by atoms with E-state index in [-0.39, 0.29) is 18.1 Å². The van der Waals surface area contributed by atoms with E-state index in [9.17, 15) is 0 Å². The van der Waals surface area contributed by atoms with E-state index in [4.69, 9.17) is 9.84 Å². The van der Waals surface area contributed by atoms with E-state index in [0.29, 0.717) is 0 Å². The van der Waals surface area contributed by atoms with E-state index in [1.807, 2.05) is 25.2 Å². The van der Waals surface area contributed by atoms with Crippen LogP contribution in [0.25, 0.3) is 0 Å². The van der Waals surface area contributed by atoms with E-state index in [2.05, 4.69) is 30.5 Å². The second-order valence-electron chi connectivity index (χ2n) is 5.38. The Morgan fingerprint density at radius 1 is 1.32 bits per heavy atom. The predicted octanol–water partition coefficient (Wildman–Crippen LogP) is 1.14. The first kappa shape index (κ1) is 16.0. The molecule has 108 valence electrons. The fourth-order valence-corrected chi connectivity index (χ4v) is 2.12. The highest BCUT2D eigenvalue weighted by molar-refractivity contribution is 5.39. The summed E-state index contributed by atoms with van der Waals surface area (Å²) in [7, 11) is 3.55. The molecular formula is C15H26N2O2. The summed E-state index contributed by atoms with van der Waals surface area (Å²) >= 11 is 0. The standard InChI is InChI=1S/C15H26N2O2/c1-15(2,11-17-9-12(10-18)16-3)13-7-5-6-8-14(13)19-4/h5-8,12,16-18H,9-11H2,1-4H3. The summed E-state index contributed by atoms with van der Waals surface area (Å²) in [6, 6.07) is 8.19. The van der Waals surface area contributed by atoms with Crippen molar-refractivity contribution in [1.82, 2.24) is 10.6 Å². The molecule has 0 saturated heterocycles. The summed E-state index contributed by atoms with van der Waals surface area (Å²) in [6.07, 6.45) is 0. The third-order valence-corrected chi connectivity index (χ3v) is 3.42. The van der Waals surface area contributed by atoms with Crippen LogP contribution < -0.4 is 15.4 Å². The molecule has 1 aromatic carbocycles. The van der Waals surface area contributed by atoms with Gasteiger partial charge in [-0.1, -0.05) is 32.0 Å². The molecule has 0 heterocycles. The van der Waals surface area contributed by atoms with Crippen LogP contribution in [0.15, 0.2) is 24.3 Å². The normalized spacial score (nSPS) is 13.3. The Morgan fingerprint density at radius 3 is 2.58 bits per heavy atom. The average molecular weight is 266 g/mol. The van der Waals surface area contributed by atoms with E-state index in [1.165, 1.54) is 5.56 Å². The number of benzene rings is 1. The third kappa shape index (κ3) is 4.49. The van der Waals surface area contributed by atoms with Gasteiger partial charge in [0.2, 0.25) is 0 Å². The molecule has 0 aliphatic carbocycles. The van der Waals surface area contributed by atoms with Gasteiger partial charge < -0.3 is 20.5 Å². The molecule has 19 heavy (non-hydrogen) atoms. The van der Waals surface area contributed by atoms with Gasteiger partial charge in [0.05, 0.1) is 13.7 Å². The van der Waals surface area contributed by atoms with Crippen LogP contribution in [0.3, 0.4) is 0 Å². The third-order valence-electron chi connectivity index (χ3n) is 3.42. The van der Waals surface area contributed by atoms with Crippen molar-refractivity contribution in [3.05, 3.63) is 29.8 Å². The first-order chi connectivity index (χ1) is 9.05. The summed E-state index contributed by atoms with van der Waals surface area (Å²) in [5.74, 6) is 0.918. The molecule has 0 saturated carbocycles. The average Bonchev–Trinajstić information content (AvgIpc) is 2.43. The van der Waals surface area contributed by atoms with Gasteiger partial charge in [-0.25, -0.2) is 0 Å². The van der Waals surface area contributed by atoms with Crippen LogP contribution in [0, 0.1) is 0 Å². The lowest BCUT2D eigenvalue weighted by molar-refractivity contribution is 0.242. The lowest BCUT2D eigenvalue weighted by Gasteiger charge is -2.28. The van der Waals surface area contributed by atoms with Crippen LogP contribution in [0.1, 0.15) is 19.4 Å². The molecule has 3 N–H and O–H groups in total. The first-order valence-electron chi connectivity index (χ1n) is 6.67. The Balaban J connectivity index is 2.65. The van der Waals surface area contributed by atoms with Crippen LogP contribution in [-0.2, 0) is 5.41 Å². The predicted molar refractivity (Wildman–Crippen MR) is 78.8 cm³/mol. The minimum absolute atomic E-state index is 0.0274. The number of hydrogen-bond acceptors (Lipinski definition) is 4. The number of nitrogens with one attached hydrogen (secondary N) is 2. The van der Waals surface area contributed by atoms with Gasteiger partial charge in [0, 0.05) is 30.1 Å². The van der Waals surface area contributed by atoms with Crippen molar-refractivity contribution in [2.45, 2.75) is 25.3 Å². The molecule has 0 fully saturated rings. The van der Waals surface area contributed by atoms with Gasteiger partial charge in [0.25, 0.3) is 0 Å². The molecule has 0 spiro atoms. The van der Waals surface area contributed by atoms with Crippen LogP contribution in [0.2, 0.25) is 0 Å². The van der Waals surface area contributed by atoms with E-state index in [1.54, 1.807) is 7.11 Å². The number of aliphatic hydroxyl groups excluding tert-OH is 1. The molecule has 0 bridgehead atoms. The molecule has 1 unspecified atom stereocenters. The highest BCUT2D eigenvalue weighted by Crippen LogP contribution is 2.30. The van der Waals surface area contributed by atoms with E-state index in [0.717, 1.165) is 18.8 Å². The number of ether oxygens (including phenoxy) is 1. The number of likely N-dealkylation sites (N-methyl/N-ethyl adjacent to an activating group) is 1. The molecule has 0 amide bonds. The van der Waals surface area contributed by atoms with Gasteiger partial charge in [0.1, 0.15) is 5.75 Å². The van der Waals surface area contributed by atoms with Crippen molar-refractivity contribution in [2.24, 2.45) is 0 Å². The van der Waals surface area contributed by atoms with Crippen molar-refractivity contribution >= 4 is 0 Å². The monoisotopic (exact) mass is 266 g/mol. The highest BCUT2D eigenvalue weighted by atomic mass is 16.5. The number of hydrogen-bond donors (Lipinski definition) is 3. The van der Waals surface area contributed by atoms with Gasteiger partial charge in [-0.15, -0.1) is 0 Å². The zero-order chi connectivity index (χ0) is 14.3. The molecule has 1 atom stereocenters. The quantitative estimate of drug-likeness (QED) is 0.660. The van der Waals surface area contributed by atoms with Crippen molar-refractivity contribution in [3.8, 4) is 5.75 Å². The zero-order valence-corrected chi connectivity index (χ0v) is 12.4. The van der Waals surface area contributed by atoms with Crippen LogP contribution in [0.4, 0.5) is 0 Å². The summed E-state index contributed by atoms with van der Waals surface area (Å²) in [5.41, 5.74) is 1.16. The second kappa shape index (κ2) is 7.48. The lowest BCUT2D eigenvalue weighted by atomic mass is 9.84. The van der Waals surface area contributed by atoms with E-state index >= 15 is 0 Å². The summed E-state index contributed by atoms with van der Waals surface area (Å²) in [5, 5.41) is 15.6. The molecule has 0 aromatic heterocycles. The van der Waals surface area contributed by atoms with Crippen molar-refractivity contribution in [3.63, 3.8) is 0 Å². The largest absolute Gasteiger partial charge is 0.496 e. The van der Waals surface area contributed by atoms with Crippen molar-refractivity contribution in [1.29, 1.82) is 0 Å². The SMILES string of the molecule is CNC(CO)CNCC(C)(C)c1ccccc1OC. The fraction of sp³-hybridized carbons (Fsp3) is 0.600. The van der Waals surface area contributed by atoms with Crippen LogP contribution in [0.5, 0.6) is 5.75 Å². The smallest absolute Gasteiger partial charge is 0.122 e. The minimum atomic E-state index is -0.0274. The Bertz CT molecular complexity index is 376. The number of para-hydroxylation sites is 1. The molecule has 4 nitrogen and oxygen atoms in total. The van der Waals surface area contributed by atoms with Crippen LogP contribution in [-0.4, -0.2) is 45.0 Å². The number of methoxy groups -OCH3 is 1. The molecule has 1 aromatic rings. The Hall–Kier alpha value is -1.10. The maximum absolute atomic E-state index is 9.13. The number of aliphatic hydroxyl groups is 1. The Morgan fingerprint density at radius 2 is 2.00 bits per heavy atom. The fourth-order valence-electron chi connectivity index (χ4n) is 2.12. The topological polar surface area (TPSA) is 53.5 Å². The molecule has 1 rings (SSSR count). The Kier molecular flexibility index (Phi) is 6.28.